The van der Waals surface area contributed by atoms with E-state index >= 15 is 0 Å². The van der Waals surface area contributed by atoms with Gasteiger partial charge in [0.2, 0.25) is 0 Å². The molecule has 0 radical (unpaired) electrons. The van der Waals surface area contributed by atoms with Crippen molar-refractivity contribution in [1.29, 1.82) is 5.26 Å². The minimum Gasteiger partial charge on any atom is -0.314 e. The van der Waals surface area contributed by atoms with Crippen molar-refractivity contribution in [2.45, 2.75) is 23.9 Å². The van der Waals surface area contributed by atoms with Gasteiger partial charge in [-0.2, -0.15) is 5.26 Å². The Kier molecular flexibility index (Phi) is 3.93. The number of pyridine rings is 1. The summed E-state index contributed by atoms with van der Waals surface area (Å²) in [5, 5.41) is 9.66. The molecule has 0 aromatic carbocycles. The van der Waals surface area contributed by atoms with E-state index in [-0.39, 0.29) is 0 Å². The van der Waals surface area contributed by atoms with Crippen molar-refractivity contribution in [3.8, 4) is 6.07 Å². The van der Waals surface area contributed by atoms with Gasteiger partial charge >= 0.3 is 0 Å². The lowest BCUT2D eigenvalue weighted by Crippen LogP contribution is -2.34. The fourth-order valence-electron chi connectivity index (χ4n) is 0.856. The molecule has 3 nitrogen and oxygen atoms in total. The zero-order chi connectivity index (χ0) is 10.4. The van der Waals surface area contributed by atoms with Crippen molar-refractivity contribution in [3.05, 3.63) is 24.4 Å². The van der Waals surface area contributed by atoms with E-state index in [1.165, 1.54) is 0 Å². The molecule has 1 rings (SSSR count). The SMILES string of the molecule is CC(N)(C#N)CCSc1ccccn1. The molecule has 0 fully saturated rings. The van der Waals surface area contributed by atoms with E-state index in [0.717, 1.165) is 10.8 Å². The molecule has 1 atom stereocenters. The van der Waals surface area contributed by atoms with Crippen LogP contribution in [-0.2, 0) is 0 Å². The second kappa shape index (κ2) is 4.99. The Morgan fingerprint density at radius 2 is 2.43 bits per heavy atom. The third kappa shape index (κ3) is 3.77. The molecule has 0 amide bonds. The smallest absolute Gasteiger partial charge is 0.102 e. The van der Waals surface area contributed by atoms with Crippen LogP contribution in [-0.4, -0.2) is 16.3 Å². The van der Waals surface area contributed by atoms with E-state index in [0.29, 0.717) is 6.42 Å². The Bertz CT molecular complexity index is 316. The molecule has 0 bridgehead atoms. The summed E-state index contributed by atoms with van der Waals surface area (Å²) < 4.78 is 0. The maximum absolute atomic E-state index is 8.69. The second-order valence-electron chi connectivity index (χ2n) is 3.30. The highest BCUT2D eigenvalue weighted by Gasteiger charge is 2.16. The summed E-state index contributed by atoms with van der Waals surface area (Å²) in [6.45, 7) is 1.74. The van der Waals surface area contributed by atoms with Gasteiger partial charge in [-0.1, -0.05) is 6.07 Å². The molecule has 1 aromatic heterocycles. The number of hydrogen-bond acceptors (Lipinski definition) is 4. The minimum atomic E-state index is -0.720. The average molecular weight is 207 g/mol. The number of aromatic nitrogens is 1. The molecule has 0 spiro atoms. The van der Waals surface area contributed by atoms with E-state index in [2.05, 4.69) is 11.1 Å². The lowest BCUT2D eigenvalue weighted by Gasteiger charge is -2.13. The Morgan fingerprint density at radius 1 is 1.64 bits per heavy atom. The van der Waals surface area contributed by atoms with Crippen LogP contribution in [0.1, 0.15) is 13.3 Å². The number of thioether (sulfide) groups is 1. The van der Waals surface area contributed by atoms with Gasteiger partial charge in [0.05, 0.1) is 11.1 Å². The van der Waals surface area contributed by atoms with E-state index < -0.39 is 5.54 Å². The molecule has 0 aliphatic rings. The van der Waals surface area contributed by atoms with Gasteiger partial charge in [-0.25, -0.2) is 4.98 Å². The average Bonchev–Trinajstić information content (AvgIpc) is 2.19. The molecule has 1 aromatic rings. The van der Waals surface area contributed by atoms with Crippen LogP contribution in [0.2, 0.25) is 0 Å². The third-order valence-electron chi connectivity index (χ3n) is 1.76. The first-order valence-electron chi connectivity index (χ1n) is 4.38. The van der Waals surface area contributed by atoms with Crippen LogP contribution in [0, 0.1) is 11.3 Å². The Hall–Kier alpha value is -1.05. The van der Waals surface area contributed by atoms with Crippen molar-refractivity contribution < 1.29 is 0 Å². The fraction of sp³-hybridized carbons (Fsp3) is 0.400. The topological polar surface area (TPSA) is 62.7 Å². The first-order chi connectivity index (χ1) is 6.64. The van der Waals surface area contributed by atoms with Crippen LogP contribution in [0.5, 0.6) is 0 Å². The highest BCUT2D eigenvalue weighted by atomic mass is 32.2. The predicted molar refractivity (Wildman–Crippen MR) is 57.8 cm³/mol. The highest BCUT2D eigenvalue weighted by molar-refractivity contribution is 7.99. The van der Waals surface area contributed by atoms with Gasteiger partial charge in [-0.3, -0.25) is 0 Å². The summed E-state index contributed by atoms with van der Waals surface area (Å²) in [5.74, 6) is 0.817. The fourth-order valence-corrected chi connectivity index (χ4v) is 1.90. The number of nitrogens with two attached hydrogens (primary N) is 1. The van der Waals surface area contributed by atoms with Crippen LogP contribution in [0.3, 0.4) is 0 Å². The van der Waals surface area contributed by atoms with Gasteiger partial charge in [0.1, 0.15) is 5.54 Å². The number of rotatable bonds is 4. The normalized spacial score (nSPS) is 14.4. The molecule has 14 heavy (non-hydrogen) atoms. The molecular weight excluding hydrogens is 194 g/mol. The molecule has 2 N–H and O–H groups in total. The van der Waals surface area contributed by atoms with Crippen LogP contribution in [0.25, 0.3) is 0 Å². The minimum absolute atomic E-state index is 0.671. The first kappa shape index (κ1) is 11.0. The Labute approximate surface area is 88.3 Å². The molecule has 0 saturated carbocycles. The molecule has 1 heterocycles. The molecule has 0 aliphatic heterocycles. The number of nitrogens with zero attached hydrogens (tertiary/aromatic N) is 2. The molecule has 0 saturated heterocycles. The van der Waals surface area contributed by atoms with Crippen LogP contribution in [0.4, 0.5) is 0 Å². The first-order valence-corrected chi connectivity index (χ1v) is 5.36. The van der Waals surface area contributed by atoms with Crippen molar-refractivity contribution in [3.63, 3.8) is 0 Å². The molecular formula is C10H13N3S. The molecule has 0 aliphatic carbocycles. The van der Waals surface area contributed by atoms with E-state index in [1.807, 2.05) is 18.2 Å². The summed E-state index contributed by atoms with van der Waals surface area (Å²) in [6.07, 6.45) is 2.43. The van der Waals surface area contributed by atoms with Crippen molar-refractivity contribution in [2.75, 3.05) is 5.75 Å². The summed E-state index contributed by atoms with van der Waals surface area (Å²) in [7, 11) is 0. The van der Waals surface area contributed by atoms with Gasteiger partial charge in [0, 0.05) is 11.9 Å². The molecule has 74 valence electrons. The molecule has 4 heteroatoms. The van der Waals surface area contributed by atoms with Gasteiger partial charge in [-0.05, 0) is 25.5 Å². The number of hydrogen-bond donors (Lipinski definition) is 1. The van der Waals surface area contributed by atoms with Crippen LogP contribution < -0.4 is 5.73 Å². The summed E-state index contributed by atoms with van der Waals surface area (Å²) in [5.41, 5.74) is 4.96. The van der Waals surface area contributed by atoms with Gasteiger partial charge in [0.25, 0.3) is 0 Å². The van der Waals surface area contributed by atoms with Crippen LogP contribution >= 0.6 is 11.8 Å². The summed E-state index contributed by atoms with van der Waals surface area (Å²) in [4.78, 5) is 4.16. The summed E-state index contributed by atoms with van der Waals surface area (Å²) >= 11 is 1.62. The standard InChI is InChI=1S/C10H13N3S/c1-10(12,8-11)5-7-14-9-4-2-3-6-13-9/h2-4,6H,5,7,12H2,1H3. The lowest BCUT2D eigenvalue weighted by atomic mass is 10.0. The van der Waals surface area contributed by atoms with Crippen molar-refractivity contribution in [2.24, 2.45) is 5.73 Å². The maximum Gasteiger partial charge on any atom is 0.102 e. The van der Waals surface area contributed by atoms with Crippen molar-refractivity contribution >= 4 is 11.8 Å². The monoisotopic (exact) mass is 207 g/mol. The second-order valence-corrected chi connectivity index (χ2v) is 4.41. The third-order valence-corrected chi connectivity index (χ3v) is 2.71. The van der Waals surface area contributed by atoms with Gasteiger partial charge in [0.15, 0.2) is 0 Å². The van der Waals surface area contributed by atoms with E-state index in [1.54, 1.807) is 24.9 Å². The number of nitriles is 1. The highest BCUT2D eigenvalue weighted by Crippen LogP contribution is 2.17. The van der Waals surface area contributed by atoms with Crippen LogP contribution in [0.15, 0.2) is 29.4 Å². The zero-order valence-corrected chi connectivity index (χ0v) is 8.92. The predicted octanol–water partition coefficient (Wildman–Crippen LogP) is 1.80. The Balaban J connectivity index is 2.34. The Morgan fingerprint density at radius 3 is 3.00 bits per heavy atom. The lowest BCUT2D eigenvalue weighted by molar-refractivity contribution is 0.583. The molecule has 1 unspecified atom stereocenters. The van der Waals surface area contributed by atoms with E-state index in [4.69, 9.17) is 11.0 Å². The quantitative estimate of drug-likeness (QED) is 0.765. The summed E-state index contributed by atoms with van der Waals surface area (Å²) in [6, 6.07) is 7.85. The zero-order valence-electron chi connectivity index (χ0n) is 8.10. The van der Waals surface area contributed by atoms with Crippen molar-refractivity contribution in [1.82, 2.24) is 4.98 Å². The maximum atomic E-state index is 8.69. The van der Waals surface area contributed by atoms with E-state index in [9.17, 15) is 0 Å². The van der Waals surface area contributed by atoms with Gasteiger partial charge in [-0.15, -0.1) is 11.8 Å². The largest absolute Gasteiger partial charge is 0.314 e. The van der Waals surface area contributed by atoms with Gasteiger partial charge < -0.3 is 5.73 Å².